The van der Waals surface area contributed by atoms with E-state index in [1.807, 2.05) is 0 Å². The highest BCUT2D eigenvalue weighted by Crippen LogP contribution is 2.36. The van der Waals surface area contributed by atoms with Crippen LogP contribution in [0.15, 0.2) is 28.9 Å². The van der Waals surface area contributed by atoms with Crippen molar-refractivity contribution in [1.29, 1.82) is 5.26 Å². The number of thiophene rings is 1. The zero-order valence-electron chi connectivity index (χ0n) is 12.1. The van der Waals surface area contributed by atoms with Crippen LogP contribution in [0.25, 0.3) is 6.08 Å². The molecule has 1 N–H and O–H groups in total. The van der Waals surface area contributed by atoms with E-state index in [1.165, 1.54) is 17.4 Å². The predicted octanol–water partition coefficient (Wildman–Crippen LogP) is 2.85. The van der Waals surface area contributed by atoms with Gasteiger partial charge in [-0.15, -0.1) is 11.3 Å². The molecule has 112 valence electrons. The summed E-state index contributed by atoms with van der Waals surface area (Å²) in [7, 11) is 2.05. The van der Waals surface area contributed by atoms with Crippen LogP contribution in [0.3, 0.4) is 0 Å². The van der Waals surface area contributed by atoms with Gasteiger partial charge in [-0.25, -0.2) is 0 Å². The summed E-state index contributed by atoms with van der Waals surface area (Å²) in [6.45, 7) is 1.76. The number of anilines is 1. The van der Waals surface area contributed by atoms with Gasteiger partial charge >= 0.3 is 0 Å². The number of fused-ring (bicyclic) bond motifs is 1. The number of carbonyl (C=O) groups is 1. The fraction of sp³-hybridized carbons (Fsp3) is 0.250. The number of nitrogens with zero attached hydrogens (tertiary/aromatic N) is 2. The fourth-order valence-electron chi connectivity index (χ4n) is 2.44. The van der Waals surface area contributed by atoms with Crippen molar-refractivity contribution in [1.82, 2.24) is 4.90 Å². The highest BCUT2D eigenvalue weighted by molar-refractivity contribution is 7.16. The molecule has 2 aromatic heterocycles. The van der Waals surface area contributed by atoms with Gasteiger partial charge in [0, 0.05) is 24.0 Å². The molecule has 22 heavy (non-hydrogen) atoms. The molecule has 0 atom stereocenters. The molecule has 1 aliphatic rings. The third-order valence-electron chi connectivity index (χ3n) is 3.54. The van der Waals surface area contributed by atoms with Crippen molar-refractivity contribution in [2.75, 3.05) is 18.9 Å². The van der Waals surface area contributed by atoms with Crippen LogP contribution in [0.4, 0.5) is 5.00 Å². The summed E-state index contributed by atoms with van der Waals surface area (Å²) >= 11 is 1.49. The van der Waals surface area contributed by atoms with Crippen LogP contribution in [-0.2, 0) is 17.8 Å². The van der Waals surface area contributed by atoms with E-state index in [0.717, 1.165) is 30.0 Å². The van der Waals surface area contributed by atoms with E-state index in [1.54, 1.807) is 24.5 Å². The maximum atomic E-state index is 12.0. The van der Waals surface area contributed by atoms with Crippen LogP contribution < -0.4 is 5.32 Å². The molecule has 5 nitrogen and oxygen atoms in total. The molecule has 0 saturated heterocycles. The number of nitriles is 1. The lowest BCUT2D eigenvalue weighted by molar-refractivity contribution is -0.111. The Labute approximate surface area is 132 Å². The van der Waals surface area contributed by atoms with E-state index < -0.39 is 0 Å². The Morgan fingerprint density at radius 3 is 3.18 bits per heavy atom. The van der Waals surface area contributed by atoms with Crippen molar-refractivity contribution in [2.24, 2.45) is 0 Å². The Kier molecular flexibility index (Phi) is 4.09. The van der Waals surface area contributed by atoms with Crippen LogP contribution in [-0.4, -0.2) is 24.4 Å². The molecular weight excluding hydrogens is 298 g/mol. The smallest absolute Gasteiger partial charge is 0.249 e. The zero-order chi connectivity index (χ0) is 15.5. The summed E-state index contributed by atoms with van der Waals surface area (Å²) in [5.74, 6) is 0.350. The van der Waals surface area contributed by atoms with Gasteiger partial charge in [0.05, 0.1) is 11.8 Å². The summed E-state index contributed by atoms with van der Waals surface area (Å²) < 4.78 is 5.14. The highest BCUT2D eigenvalue weighted by Gasteiger charge is 2.23. The van der Waals surface area contributed by atoms with Crippen LogP contribution in [0.2, 0.25) is 0 Å². The van der Waals surface area contributed by atoms with Gasteiger partial charge < -0.3 is 14.6 Å². The lowest BCUT2D eigenvalue weighted by Crippen LogP contribution is -2.25. The highest BCUT2D eigenvalue weighted by atomic mass is 32.1. The number of hydrogen-bond donors (Lipinski definition) is 1. The van der Waals surface area contributed by atoms with Crippen molar-refractivity contribution < 1.29 is 9.21 Å². The first-order valence-corrected chi connectivity index (χ1v) is 7.75. The molecule has 0 radical (unpaired) electrons. The van der Waals surface area contributed by atoms with Crippen LogP contribution in [0.5, 0.6) is 0 Å². The minimum absolute atomic E-state index is 0.264. The van der Waals surface area contributed by atoms with Crippen molar-refractivity contribution in [2.45, 2.75) is 13.0 Å². The second-order valence-corrected chi connectivity index (χ2v) is 6.25. The molecule has 0 spiro atoms. The summed E-state index contributed by atoms with van der Waals surface area (Å²) in [4.78, 5) is 15.4. The van der Waals surface area contributed by atoms with Crippen molar-refractivity contribution in [3.63, 3.8) is 0 Å². The Morgan fingerprint density at radius 2 is 2.45 bits per heavy atom. The van der Waals surface area contributed by atoms with E-state index in [2.05, 4.69) is 23.3 Å². The first kappa shape index (κ1) is 14.6. The Morgan fingerprint density at radius 1 is 1.59 bits per heavy atom. The lowest BCUT2D eigenvalue weighted by Gasteiger charge is -2.21. The molecule has 0 bridgehead atoms. The molecule has 3 rings (SSSR count). The number of furan rings is 1. The third kappa shape index (κ3) is 2.96. The topological polar surface area (TPSA) is 69.3 Å². The normalized spacial score (nSPS) is 14.7. The summed E-state index contributed by atoms with van der Waals surface area (Å²) in [5.41, 5.74) is 1.68. The Balaban J connectivity index is 1.78. The summed E-state index contributed by atoms with van der Waals surface area (Å²) in [6, 6.07) is 5.76. The van der Waals surface area contributed by atoms with Crippen molar-refractivity contribution in [3.8, 4) is 6.07 Å². The van der Waals surface area contributed by atoms with Gasteiger partial charge in [-0.1, -0.05) is 0 Å². The molecule has 3 heterocycles. The van der Waals surface area contributed by atoms with Crippen LogP contribution in [0.1, 0.15) is 21.8 Å². The quantitative estimate of drug-likeness (QED) is 0.885. The van der Waals surface area contributed by atoms with Crippen LogP contribution in [0, 0.1) is 11.3 Å². The Bertz CT molecular complexity index is 753. The molecule has 1 aliphatic heterocycles. The molecule has 0 saturated carbocycles. The molecule has 0 aliphatic carbocycles. The molecule has 0 fully saturated rings. The van der Waals surface area contributed by atoms with E-state index in [0.29, 0.717) is 16.3 Å². The number of hydrogen-bond acceptors (Lipinski definition) is 5. The molecule has 6 heteroatoms. The fourth-order valence-corrected chi connectivity index (χ4v) is 3.72. The summed E-state index contributed by atoms with van der Waals surface area (Å²) in [5, 5.41) is 12.8. The second-order valence-electron chi connectivity index (χ2n) is 5.15. The van der Waals surface area contributed by atoms with Crippen LogP contribution >= 0.6 is 11.3 Å². The average Bonchev–Trinajstić information content (AvgIpc) is 3.11. The zero-order valence-corrected chi connectivity index (χ0v) is 12.9. The first-order valence-electron chi connectivity index (χ1n) is 6.93. The number of likely N-dealkylation sites (N-methyl/N-ethyl adjacent to an activating group) is 1. The maximum Gasteiger partial charge on any atom is 0.249 e. The monoisotopic (exact) mass is 313 g/mol. The van der Waals surface area contributed by atoms with Gasteiger partial charge in [0.25, 0.3) is 0 Å². The molecule has 0 aromatic carbocycles. The van der Waals surface area contributed by atoms with E-state index >= 15 is 0 Å². The van der Waals surface area contributed by atoms with Gasteiger partial charge in [-0.3, -0.25) is 4.79 Å². The standard InChI is InChI=1S/C16H15N3O2S/c1-19-7-6-12-13(9-17)16(22-14(12)10-19)18-15(20)5-4-11-3-2-8-21-11/h2-5,8H,6-7,10H2,1H3,(H,18,20). The lowest BCUT2D eigenvalue weighted by atomic mass is 10.0. The largest absolute Gasteiger partial charge is 0.465 e. The second kappa shape index (κ2) is 6.18. The average molecular weight is 313 g/mol. The molecule has 1 amide bonds. The van der Waals surface area contributed by atoms with Gasteiger partial charge in [-0.2, -0.15) is 5.26 Å². The van der Waals surface area contributed by atoms with Gasteiger partial charge in [-0.05, 0) is 37.2 Å². The molecule has 2 aromatic rings. The predicted molar refractivity (Wildman–Crippen MR) is 85.4 cm³/mol. The minimum atomic E-state index is -0.264. The van der Waals surface area contributed by atoms with E-state index in [9.17, 15) is 10.1 Å². The number of carbonyl (C=O) groups excluding carboxylic acids is 1. The van der Waals surface area contributed by atoms with Gasteiger partial charge in [0.15, 0.2) is 0 Å². The number of nitrogens with one attached hydrogen (secondary N) is 1. The van der Waals surface area contributed by atoms with Gasteiger partial charge in [0.2, 0.25) is 5.91 Å². The van der Waals surface area contributed by atoms with Crippen molar-refractivity contribution >= 4 is 28.3 Å². The van der Waals surface area contributed by atoms with Crippen molar-refractivity contribution in [3.05, 3.63) is 46.2 Å². The minimum Gasteiger partial charge on any atom is -0.465 e. The third-order valence-corrected chi connectivity index (χ3v) is 4.67. The summed E-state index contributed by atoms with van der Waals surface area (Å²) in [6.07, 6.45) is 5.41. The maximum absolute atomic E-state index is 12.0. The van der Waals surface area contributed by atoms with E-state index in [-0.39, 0.29) is 5.91 Å². The number of amides is 1. The Hall–Kier alpha value is -2.36. The molecule has 0 unspecified atom stereocenters. The van der Waals surface area contributed by atoms with Gasteiger partial charge in [0.1, 0.15) is 16.8 Å². The number of rotatable bonds is 3. The van der Waals surface area contributed by atoms with E-state index in [4.69, 9.17) is 4.42 Å². The molecular formula is C16H15N3O2S. The SMILES string of the molecule is CN1CCc2c(sc(NC(=O)C=Cc3ccco3)c2C#N)C1. The first-order chi connectivity index (χ1) is 10.7.